The molecule has 0 atom stereocenters. The van der Waals surface area contributed by atoms with Crippen LogP contribution in [0.1, 0.15) is 0 Å². The highest BCUT2D eigenvalue weighted by Crippen LogP contribution is 2.47. The zero-order valence-electron chi connectivity index (χ0n) is 26.3. The fourth-order valence-corrected chi connectivity index (χ4v) is 8.87. The minimum atomic E-state index is 1.11. The van der Waals surface area contributed by atoms with Crippen LogP contribution in [0.2, 0.25) is 0 Å². The van der Waals surface area contributed by atoms with Gasteiger partial charge in [-0.05, 0) is 60.0 Å². The van der Waals surface area contributed by atoms with E-state index in [-0.39, 0.29) is 0 Å². The Morgan fingerprint density at radius 3 is 1.76 bits per heavy atom. The van der Waals surface area contributed by atoms with Crippen molar-refractivity contribution in [2.75, 3.05) is 0 Å². The van der Waals surface area contributed by atoms with Gasteiger partial charge in [0.25, 0.3) is 0 Å². The Hall–Kier alpha value is -6.65. The number of hydrogen-bond donors (Lipinski definition) is 0. The van der Waals surface area contributed by atoms with E-state index >= 15 is 0 Å². The Balaban J connectivity index is 1.25. The number of aromatic nitrogens is 4. The van der Waals surface area contributed by atoms with Crippen LogP contribution in [-0.2, 0) is 0 Å². The molecule has 12 rings (SSSR count). The van der Waals surface area contributed by atoms with E-state index in [9.17, 15) is 0 Å². The van der Waals surface area contributed by atoms with Crippen LogP contribution in [0.5, 0.6) is 0 Å². The van der Waals surface area contributed by atoms with E-state index in [2.05, 4.69) is 164 Å². The van der Waals surface area contributed by atoms with Crippen LogP contribution in [0.4, 0.5) is 0 Å². The van der Waals surface area contributed by atoms with Crippen LogP contribution in [0.3, 0.4) is 0 Å². The summed E-state index contributed by atoms with van der Waals surface area (Å²) in [7, 11) is 0. The largest absolute Gasteiger partial charge is 0.308 e. The lowest BCUT2D eigenvalue weighted by Gasteiger charge is -2.13. The van der Waals surface area contributed by atoms with Gasteiger partial charge in [-0.1, -0.05) is 91.0 Å². The van der Waals surface area contributed by atoms with Gasteiger partial charge < -0.3 is 13.5 Å². The van der Waals surface area contributed by atoms with Gasteiger partial charge in [-0.2, -0.15) is 0 Å². The van der Waals surface area contributed by atoms with Crippen LogP contribution in [0, 0.1) is 0 Å². The summed E-state index contributed by atoms with van der Waals surface area (Å²) >= 11 is 0. The highest BCUT2D eigenvalue weighted by molar-refractivity contribution is 6.35. The van der Waals surface area contributed by atoms with E-state index < -0.39 is 0 Å². The first-order valence-corrected chi connectivity index (χ1v) is 16.8. The van der Waals surface area contributed by atoms with E-state index in [1.54, 1.807) is 0 Å². The molecular formula is C45H26N4. The third kappa shape index (κ3) is 3.12. The fourth-order valence-electron chi connectivity index (χ4n) is 8.87. The summed E-state index contributed by atoms with van der Waals surface area (Å²) in [5.41, 5.74) is 10.8. The smallest absolute Gasteiger partial charge is 0.0724 e. The quantitative estimate of drug-likeness (QED) is 0.188. The number of nitrogens with zero attached hydrogens (tertiary/aromatic N) is 4. The Morgan fingerprint density at radius 2 is 0.959 bits per heavy atom. The molecule has 0 radical (unpaired) electrons. The Morgan fingerprint density at radius 1 is 0.367 bits per heavy atom. The topological polar surface area (TPSA) is 27.2 Å². The monoisotopic (exact) mass is 622 g/mol. The van der Waals surface area contributed by atoms with Gasteiger partial charge in [0, 0.05) is 66.0 Å². The second kappa shape index (κ2) is 9.03. The number of pyridine rings is 1. The zero-order valence-corrected chi connectivity index (χ0v) is 26.3. The summed E-state index contributed by atoms with van der Waals surface area (Å²) in [6.07, 6.45) is 3.86. The molecule has 0 aliphatic carbocycles. The molecule has 49 heavy (non-hydrogen) atoms. The summed E-state index contributed by atoms with van der Waals surface area (Å²) in [5.74, 6) is 0. The standard InChI is InChI=1S/C45H26N4/c1-2-10-30-27(9-1)17-22-34-37-25-36-32-12-4-7-15-39(32)49-40-16-8-5-13-35(40)42(45(36)49)44(37)48(43(30)34)29-20-18-28(19-21-29)47-38-14-6-3-11-31(38)33-23-24-46-26-41(33)47/h1-26H. The number of para-hydroxylation sites is 3. The van der Waals surface area contributed by atoms with E-state index in [0.717, 1.165) is 16.9 Å². The third-order valence-corrected chi connectivity index (χ3v) is 10.8. The number of hydrogen-bond acceptors (Lipinski definition) is 1. The maximum atomic E-state index is 4.51. The lowest BCUT2D eigenvalue weighted by molar-refractivity contribution is 1.14. The van der Waals surface area contributed by atoms with Crippen LogP contribution in [0.25, 0.3) is 104 Å². The summed E-state index contributed by atoms with van der Waals surface area (Å²) in [5, 5.41) is 12.7. The van der Waals surface area contributed by atoms with E-state index in [0.29, 0.717) is 0 Å². The molecule has 4 heteroatoms. The highest BCUT2D eigenvalue weighted by Gasteiger charge is 2.25. The molecule has 0 fully saturated rings. The minimum Gasteiger partial charge on any atom is -0.308 e. The Bertz CT molecular complexity index is 3270. The molecule has 12 aromatic rings. The second-order valence-corrected chi connectivity index (χ2v) is 13.2. The number of benzene rings is 7. The van der Waals surface area contributed by atoms with Gasteiger partial charge in [0.05, 0.1) is 44.8 Å². The van der Waals surface area contributed by atoms with Crippen molar-refractivity contribution in [1.29, 1.82) is 0 Å². The molecule has 226 valence electrons. The molecule has 4 nitrogen and oxygen atoms in total. The molecule has 0 unspecified atom stereocenters. The average Bonchev–Trinajstić information content (AvgIpc) is 3.89. The van der Waals surface area contributed by atoms with E-state index in [1.165, 1.54) is 87.0 Å². The van der Waals surface area contributed by atoms with Crippen molar-refractivity contribution in [3.63, 3.8) is 0 Å². The molecule has 5 heterocycles. The molecule has 0 N–H and O–H groups in total. The molecular weight excluding hydrogens is 597 g/mol. The summed E-state index contributed by atoms with van der Waals surface area (Å²) in [6.45, 7) is 0. The Kier molecular flexibility index (Phi) is 4.69. The predicted octanol–water partition coefficient (Wildman–Crippen LogP) is 11.6. The molecule has 0 saturated heterocycles. The lowest BCUT2D eigenvalue weighted by Crippen LogP contribution is -1.98. The van der Waals surface area contributed by atoms with Crippen LogP contribution < -0.4 is 0 Å². The van der Waals surface area contributed by atoms with Gasteiger partial charge in [0.1, 0.15) is 0 Å². The number of fused-ring (bicyclic) bond motifs is 15. The SMILES string of the molecule is c1ccc2c(c1)ccc1c3cc4c5ccccc5n5c6ccccc6c(c3n(-c3ccc(-n6c7ccccc7c7ccncc76)cc3)c21)c45. The maximum absolute atomic E-state index is 4.51. The van der Waals surface area contributed by atoms with Crippen LogP contribution >= 0.6 is 0 Å². The van der Waals surface area contributed by atoms with E-state index in [1.807, 2.05) is 12.4 Å². The van der Waals surface area contributed by atoms with Gasteiger partial charge in [-0.3, -0.25) is 4.98 Å². The van der Waals surface area contributed by atoms with Gasteiger partial charge in [-0.25, -0.2) is 0 Å². The van der Waals surface area contributed by atoms with Crippen LogP contribution in [-0.4, -0.2) is 18.5 Å². The summed E-state index contributed by atoms with van der Waals surface area (Å²) < 4.78 is 7.35. The normalized spacial score (nSPS) is 12.5. The average molecular weight is 623 g/mol. The van der Waals surface area contributed by atoms with Crippen LogP contribution in [0.15, 0.2) is 158 Å². The molecule has 0 amide bonds. The predicted molar refractivity (Wildman–Crippen MR) is 205 cm³/mol. The molecule has 0 aliphatic rings. The van der Waals surface area contributed by atoms with Gasteiger partial charge >= 0.3 is 0 Å². The van der Waals surface area contributed by atoms with Crippen molar-refractivity contribution in [1.82, 2.24) is 18.5 Å². The van der Waals surface area contributed by atoms with Gasteiger partial charge in [-0.15, -0.1) is 0 Å². The summed E-state index contributed by atoms with van der Waals surface area (Å²) in [6, 6.07) is 53.5. The molecule has 7 aromatic carbocycles. The van der Waals surface area contributed by atoms with Gasteiger partial charge in [0.15, 0.2) is 0 Å². The molecule has 5 aromatic heterocycles. The lowest BCUT2D eigenvalue weighted by atomic mass is 10.0. The highest BCUT2D eigenvalue weighted by atomic mass is 15.0. The third-order valence-electron chi connectivity index (χ3n) is 10.8. The van der Waals surface area contributed by atoms with Crippen molar-refractivity contribution in [2.24, 2.45) is 0 Å². The molecule has 0 aliphatic heterocycles. The van der Waals surface area contributed by atoms with E-state index in [4.69, 9.17) is 0 Å². The maximum Gasteiger partial charge on any atom is 0.0724 e. The first kappa shape index (κ1) is 25.4. The molecule has 0 saturated carbocycles. The first-order chi connectivity index (χ1) is 24.3. The second-order valence-electron chi connectivity index (χ2n) is 13.2. The first-order valence-electron chi connectivity index (χ1n) is 16.8. The summed E-state index contributed by atoms with van der Waals surface area (Å²) in [4.78, 5) is 4.51. The zero-order chi connectivity index (χ0) is 31.8. The van der Waals surface area contributed by atoms with Crippen molar-refractivity contribution in [3.8, 4) is 11.4 Å². The van der Waals surface area contributed by atoms with Gasteiger partial charge in [0.2, 0.25) is 0 Å². The fraction of sp³-hybridized carbons (Fsp3) is 0. The molecule has 0 spiro atoms. The van der Waals surface area contributed by atoms with Crippen molar-refractivity contribution < 1.29 is 0 Å². The Labute approximate surface area is 279 Å². The number of rotatable bonds is 2. The van der Waals surface area contributed by atoms with Crippen molar-refractivity contribution >= 4 is 92.5 Å². The molecule has 0 bridgehead atoms. The minimum absolute atomic E-state index is 1.11. The van der Waals surface area contributed by atoms with Crippen molar-refractivity contribution in [2.45, 2.75) is 0 Å². The van der Waals surface area contributed by atoms with Crippen molar-refractivity contribution in [3.05, 3.63) is 158 Å².